The molecule has 0 radical (unpaired) electrons. The van der Waals surface area contributed by atoms with E-state index < -0.39 is 0 Å². The van der Waals surface area contributed by atoms with E-state index in [1.807, 2.05) is 25.1 Å². The monoisotopic (exact) mass is 469 g/mol. The maximum absolute atomic E-state index is 13.0. The summed E-state index contributed by atoms with van der Waals surface area (Å²) < 4.78 is 0.911. The highest BCUT2D eigenvalue weighted by molar-refractivity contribution is 9.10. The molecule has 1 aliphatic carbocycles. The normalized spacial score (nSPS) is 20.0. The van der Waals surface area contributed by atoms with Crippen LogP contribution >= 0.6 is 27.3 Å². The molecular formula is C23H24BrN3OS. The van der Waals surface area contributed by atoms with Crippen LogP contribution in [0, 0.1) is 22.7 Å². The smallest absolute Gasteiger partial charge is 0.277 e. The molecule has 1 amide bonds. The van der Waals surface area contributed by atoms with Crippen molar-refractivity contribution in [3.05, 3.63) is 44.2 Å². The number of anilines is 1. The van der Waals surface area contributed by atoms with Crippen molar-refractivity contribution >= 4 is 49.6 Å². The van der Waals surface area contributed by atoms with Crippen LogP contribution in [0.3, 0.4) is 0 Å². The van der Waals surface area contributed by atoms with Gasteiger partial charge >= 0.3 is 0 Å². The molecule has 0 N–H and O–H groups in total. The van der Waals surface area contributed by atoms with Crippen LogP contribution in [0.2, 0.25) is 0 Å². The van der Waals surface area contributed by atoms with E-state index in [2.05, 4.69) is 42.8 Å². The Balaban J connectivity index is 1.81. The summed E-state index contributed by atoms with van der Waals surface area (Å²) in [6.07, 6.45) is 3.00. The van der Waals surface area contributed by atoms with E-state index in [4.69, 9.17) is 4.99 Å². The van der Waals surface area contributed by atoms with Gasteiger partial charge in [-0.3, -0.25) is 4.79 Å². The third-order valence-electron chi connectivity index (χ3n) is 6.07. The topological polar surface area (TPSA) is 56.5 Å². The van der Waals surface area contributed by atoms with Gasteiger partial charge in [0.2, 0.25) is 0 Å². The molecular weight excluding hydrogens is 446 g/mol. The van der Waals surface area contributed by atoms with E-state index in [9.17, 15) is 10.1 Å². The number of thiophene rings is 1. The number of rotatable bonds is 2. The molecule has 1 aromatic carbocycles. The molecule has 6 heteroatoms. The summed E-state index contributed by atoms with van der Waals surface area (Å²) in [5.41, 5.74) is 4.19. The van der Waals surface area contributed by atoms with Crippen LogP contribution in [0.25, 0.3) is 0 Å². The van der Waals surface area contributed by atoms with E-state index in [0.717, 1.165) is 40.5 Å². The lowest BCUT2D eigenvalue weighted by Gasteiger charge is -2.33. The number of benzene rings is 1. The fourth-order valence-electron chi connectivity index (χ4n) is 4.31. The van der Waals surface area contributed by atoms with Crippen LogP contribution in [0.1, 0.15) is 55.7 Å². The van der Waals surface area contributed by atoms with Crippen LogP contribution in [0.5, 0.6) is 0 Å². The average molecular weight is 470 g/mol. The van der Waals surface area contributed by atoms with E-state index in [1.54, 1.807) is 16.2 Å². The molecule has 0 saturated carbocycles. The Hall–Kier alpha value is -1.97. The molecule has 4 rings (SSSR count). The first-order valence-electron chi connectivity index (χ1n) is 9.99. The van der Waals surface area contributed by atoms with Crippen LogP contribution in [0.15, 0.2) is 27.7 Å². The maximum atomic E-state index is 13.0. The highest BCUT2D eigenvalue weighted by Gasteiger charge is 2.35. The van der Waals surface area contributed by atoms with E-state index in [1.165, 1.54) is 4.88 Å². The minimum Gasteiger partial charge on any atom is -0.307 e. The Labute approximate surface area is 184 Å². The Bertz CT molecular complexity index is 1070. The fraction of sp³-hybridized carbons (Fsp3) is 0.435. The van der Waals surface area contributed by atoms with Gasteiger partial charge in [0.15, 0.2) is 0 Å². The number of likely N-dealkylation sites (N-methyl/N-ethyl adjacent to an activating group) is 1. The van der Waals surface area contributed by atoms with Crippen molar-refractivity contribution < 1.29 is 4.79 Å². The van der Waals surface area contributed by atoms with Gasteiger partial charge in [-0.15, -0.1) is 11.3 Å². The average Bonchev–Trinajstić information content (AvgIpc) is 3.15. The van der Waals surface area contributed by atoms with Crippen molar-refractivity contribution in [1.29, 1.82) is 5.26 Å². The van der Waals surface area contributed by atoms with Gasteiger partial charge in [-0.2, -0.15) is 5.26 Å². The van der Waals surface area contributed by atoms with Crippen LogP contribution in [-0.2, 0) is 17.6 Å². The molecule has 1 atom stereocenters. The summed E-state index contributed by atoms with van der Waals surface area (Å²) >= 11 is 5.10. The summed E-state index contributed by atoms with van der Waals surface area (Å²) in [4.78, 5) is 20.8. The molecule has 2 aromatic rings. The number of halogens is 1. The molecule has 1 unspecified atom stereocenters. The number of carbonyl (C=O) groups excluding carboxylic acids is 1. The second-order valence-electron chi connectivity index (χ2n) is 8.77. The minimum absolute atomic E-state index is 0.0940. The number of nitrogens with zero attached hydrogens (tertiary/aromatic N) is 3. The largest absolute Gasteiger partial charge is 0.307 e. The lowest BCUT2D eigenvalue weighted by atomic mass is 9.72. The quantitative estimate of drug-likeness (QED) is 0.539. The summed E-state index contributed by atoms with van der Waals surface area (Å²) in [6.45, 7) is 9.41. The zero-order valence-electron chi connectivity index (χ0n) is 17.2. The van der Waals surface area contributed by atoms with Crippen LogP contribution < -0.4 is 4.90 Å². The molecule has 2 heterocycles. The Morgan fingerprint density at radius 3 is 2.79 bits per heavy atom. The van der Waals surface area contributed by atoms with Crippen molar-refractivity contribution in [3.8, 4) is 6.07 Å². The number of carbonyl (C=O) groups is 1. The fourth-order valence-corrected chi connectivity index (χ4v) is 5.93. The molecule has 1 aliphatic heterocycles. The van der Waals surface area contributed by atoms with Gasteiger partial charge in [0.25, 0.3) is 5.91 Å². The SMILES string of the molecule is CCN1C(=O)/C(=N\c2sc3c(c2C#N)CCC(C(C)(C)C)C3)c2cc(Br)ccc21. The lowest BCUT2D eigenvalue weighted by molar-refractivity contribution is -0.112. The van der Waals surface area contributed by atoms with E-state index in [0.29, 0.717) is 28.7 Å². The van der Waals surface area contributed by atoms with Crippen molar-refractivity contribution in [3.63, 3.8) is 0 Å². The second kappa shape index (κ2) is 7.37. The Kier molecular flexibility index (Phi) is 5.16. The summed E-state index contributed by atoms with van der Waals surface area (Å²) in [5.74, 6) is 0.504. The predicted molar refractivity (Wildman–Crippen MR) is 122 cm³/mol. The molecule has 4 nitrogen and oxygen atoms in total. The number of fused-ring (bicyclic) bond motifs is 2. The molecule has 0 spiro atoms. The third kappa shape index (κ3) is 3.45. The van der Waals surface area contributed by atoms with Crippen LogP contribution in [0.4, 0.5) is 10.7 Å². The zero-order valence-corrected chi connectivity index (χ0v) is 19.6. The number of amides is 1. The first kappa shape index (κ1) is 20.3. The highest BCUT2D eigenvalue weighted by Crippen LogP contribution is 2.45. The standard InChI is InChI=1S/C23H24BrN3OS/c1-5-27-18-9-7-14(24)11-16(18)20(22(27)28)26-21-17(12-25)15-8-6-13(23(2,3)4)10-19(15)29-21/h7,9,11,13H,5-6,8,10H2,1-4H3/b26-20-. The summed E-state index contributed by atoms with van der Waals surface area (Å²) in [6, 6.07) is 8.20. The summed E-state index contributed by atoms with van der Waals surface area (Å²) in [7, 11) is 0. The first-order chi connectivity index (χ1) is 13.7. The van der Waals surface area contributed by atoms with Gasteiger partial charge < -0.3 is 4.90 Å². The van der Waals surface area contributed by atoms with Crippen molar-refractivity contribution in [1.82, 2.24) is 0 Å². The molecule has 150 valence electrons. The summed E-state index contributed by atoms with van der Waals surface area (Å²) in [5, 5.41) is 10.5. The van der Waals surface area contributed by atoms with Gasteiger partial charge in [0.1, 0.15) is 16.8 Å². The third-order valence-corrected chi connectivity index (χ3v) is 7.71. The molecule has 0 saturated heterocycles. The zero-order chi connectivity index (χ0) is 20.9. The molecule has 1 aromatic heterocycles. The lowest BCUT2D eigenvalue weighted by Crippen LogP contribution is -2.29. The maximum Gasteiger partial charge on any atom is 0.277 e. The van der Waals surface area contributed by atoms with Gasteiger partial charge in [0, 0.05) is 21.5 Å². The number of nitriles is 1. The van der Waals surface area contributed by atoms with Gasteiger partial charge in [0.05, 0.1) is 11.3 Å². The predicted octanol–water partition coefficient (Wildman–Crippen LogP) is 6.02. The number of hydrogen-bond acceptors (Lipinski definition) is 4. The van der Waals surface area contributed by atoms with Gasteiger partial charge in [-0.1, -0.05) is 36.7 Å². The van der Waals surface area contributed by atoms with Crippen molar-refractivity contribution in [2.75, 3.05) is 11.4 Å². The molecule has 29 heavy (non-hydrogen) atoms. The van der Waals surface area contributed by atoms with Gasteiger partial charge in [-0.25, -0.2) is 4.99 Å². The Morgan fingerprint density at radius 2 is 2.14 bits per heavy atom. The van der Waals surface area contributed by atoms with E-state index in [-0.39, 0.29) is 11.3 Å². The molecule has 2 aliphatic rings. The van der Waals surface area contributed by atoms with E-state index >= 15 is 0 Å². The molecule has 0 bridgehead atoms. The second-order valence-corrected chi connectivity index (χ2v) is 10.8. The minimum atomic E-state index is -0.0940. The Morgan fingerprint density at radius 1 is 1.38 bits per heavy atom. The molecule has 0 fully saturated rings. The first-order valence-corrected chi connectivity index (χ1v) is 11.6. The van der Waals surface area contributed by atoms with Crippen molar-refractivity contribution in [2.24, 2.45) is 16.3 Å². The number of aliphatic imine (C=N–C) groups is 1. The highest BCUT2D eigenvalue weighted by atomic mass is 79.9. The van der Waals surface area contributed by atoms with Gasteiger partial charge in [-0.05, 0) is 61.3 Å². The van der Waals surface area contributed by atoms with Crippen molar-refractivity contribution in [2.45, 2.75) is 47.0 Å². The number of hydrogen-bond donors (Lipinski definition) is 0. The van der Waals surface area contributed by atoms with Crippen LogP contribution in [-0.4, -0.2) is 18.2 Å².